The molecule has 4 bridgehead atoms. The van der Waals surface area contributed by atoms with E-state index < -0.39 is 0 Å². The highest BCUT2D eigenvalue weighted by Crippen LogP contribution is 2.73. The summed E-state index contributed by atoms with van der Waals surface area (Å²) in [5.41, 5.74) is 2.17. The molecule has 168 valence electrons. The average Bonchev–Trinajstić information content (AvgIpc) is 2.58. The van der Waals surface area contributed by atoms with Gasteiger partial charge >= 0.3 is 0 Å². The average molecular weight is 485 g/mol. The van der Waals surface area contributed by atoms with Crippen molar-refractivity contribution < 1.29 is 9.59 Å². The number of carbonyl (C=O) groups is 2. The van der Waals surface area contributed by atoms with Crippen LogP contribution in [-0.2, 0) is 9.59 Å². The van der Waals surface area contributed by atoms with E-state index >= 15 is 0 Å². The van der Waals surface area contributed by atoms with Crippen molar-refractivity contribution in [3.05, 3.63) is 24.3 Å². The maximum absolute atomic E-state index is 11.9. The van der Waals surface area contributed by atoms with Crippen molar-refractivity contribution in [3.8, 4) is 0 Å². The summed E-state index contributed by atoms with van der Waals surface area (Å²) in [5.74, 6) is 3.84. The Morgan fingerprint density at radius 1 is 0.667 bits per heavy atom. The van der Waals surface area contributed by atoms with Crippen molar-refractivity contribution in [2.75, 3.05) is 23.0 Å². The molecule has 0 radical (unpaired) electrons. The molecule has 0 heterocycles. The standard InChI is InChI=1S/C24H36O2S4/c1-17(2)19(25)27-7-9-29-23-12-21(5)11-22(6,13-23)15-24(14-21,16-23)30-10-8-28-20(26)18(3)4/h1,3,7-16H2,2,4-6H3. The lowest BCUT2D eigenvalue weighted by Crippen LogP contribution is -2.63. The van der Waals surface area contributed by atoms with Gasteiger partial charge in [0.15, 0.2) is 0 Å². The molecule has 0 aliphatic heterocycles. The van der Waals surface area contributed by atoms with Gasteiger partial charge in [0, 0.05) is 32.5 Å². The molecule has 2 nitrogen and oxygen atoms in total. The van der Waals surface area contributed by atoms with Gasteiger partial charge in [-0.2, -0.15) is 23.5 Å². The molecular formula is C24H36O2S4. The van der Waals surface area contributed by atoms with E-state index in [-0.39, 0.29) is 10.2 Å². The highest BCUT2D eigenvalue weighted by Gasteiger charge is 2.65. The van der Waals surface area contributed by atoms with Gasteiger partial charge in [-0.05, 0) is 74.3 Å². The van der Waals surface area contributed by atoms with Crippen LogP contribution in [0.25, 0.3) is 0 Å². The minimum atomic E-state index is 0.133. The van der Waals surface area contributed by atoms with Crippen LogP contribution in [0.5, 0.6) is 0 Å². The molecule has 0 N–H and O–H groups in total. The third kappa shape index (κ3) is 5.77. The number of thioether (sulfide) groups is 4. The van der Waals surface area contributed by atoms with Crippen molar-refractivity contribution in [1.82, 2.24) is 0 Å². The molecular weight excluding hydrogens is 449 g/mol. The fourth-order valence-corrected chi connectivity index (χ4v) is 12.5. The zero-order chi connectivity index (χ0) is 22.2. The summed E-state index contributed by atoms with van der Waals surface area (Å²) < 4.78 is 0.720. The Bertz CT molecular complexity index is 669. The predicted octanol–water partition coefficient (Wildman–Crippen LogP) is 7.00. The quantitative estimate of drug-likeness (QED) is 0.245. The number of hydrogen-bond acceptors (Lipinski definition) is 6. The Morgan fingerprint density at radius 2 is 1.03 bits per heavy atom. The SMILES string of the molecule is C=C(C)C(=O)SCCSC12CC3(C)CC(C)(C1)CC(SCCSC(=O)C(=C)C)(C3)C2. The van der Waals surface area contributed by atoms with E-state index in [0.717, 1.165) is 23.0 Å². The Morgan fingerprint density at radius 3 is 1.37 bits per heavy atom. The molecule has 4 saturated carbocycles. The summed E-state index contributed by atoms with van der Waals surface area (Å²) in [5, 5.41) is 0.266. The molecule has 6 heteroatoms. The molecule has 0 unspecified atom stereocenters. The summed E-state index contributed by atoms with van der Waals surface area (Å²) in [6.45, 7) is 16.2. The van der Waals surface area contributed by atoms with Crippen molar-refractivity contribution in [2.45, 2.75) is 75.7 Å². The summed E-state index contributed by atoms with van der Waals surface area (Å²) >= 11 is 7.14. The molecule has 4 rings (SSSR count). The van der Waals surface area contributed by atoms with Crippen LogP contribution in [0, 0.1) is 10.8 Å². The summed E-state index contributed by atoms with van der Waals surface area (Å²) in [7, 11) is 0. The molecule has 4 aliphatic rings. The lowest BCUT2D eigenvalue weighted by Gasteiger charge is -2.69. The van der Waals surface area contributed by atoms with Crippen LogP contribution in [0.3, 0.4) is 0 Å². The molecule has 0 aromatic rings. The Hall–Kier alpha value is 0.220. The predicted molar refractivity (Wildman–Crippen MR) is 139 cm³/mol. The van der Waals surface area contributed by atoms with Crippen LogP contribution < -0.4 is 0 Å². The van der Waals surface area contributed by atoms with E-state index in [0.29, 0.717) is 31.5 Å². The first-order valence-electron chi connectivity index (χ1n) is 10.8. The van der Waals surface area contributed by atoms with Gasteiger partial charge in [-0.25, -0.2) is 0 Å². The van der Waals surface area contributed by atoms with Gasteiger partial charge in [0.2, 0.25) is 10.2 Å². The molecule has 0 spiro atoms. The molecule has 0 atom stereocenters. The van der Waals surface area contributed by atoms with E-state index in [4.69, 9.17) is 0 Å². The van der Waals surface area contributed by atoms with Gasteiger partial charge < -0.3 is 0 Å². The topological polar surface area (TPSA) is 34.1 Å². The van der Waals surface area contributed by atoms with Crippen LogP contribution in [0.2, 0.25) is 0 Å². The number of rotatable bonds is 10. The summed E-state index contributed by atoms with van der Waals surface area (Å²) in [6, 6.07) is 0. The van der Waals surface area contributed by atoms with Crippen LogP contribution in [0.4, 0.5) is 0 Å². The van der Waals surface area contributed by atoms with Crippen molar-refractivity contribution in [2.24, 2.45) is 10.8 Å². The molecule has 30 heavy (non-hydrogen) atoms. The van der Waals surface area contributed by atoms with Gasteiger partial charge in [0.05, 0.1) is 0 Å². The zero-order valence-electron chi connectivity index (χ0n) is 18.9. The Kier molecular flexibility index (Phi) is 7.64. The molecule has 0 aromatic carbocycles. The smallest absolute Gasteiger partial charge is 0.214 e. The second-order valence-electron chi connectivity index (χ2n) is 10.6. The van der Waals surface area contributed by atoms with Crippen molar-refractivity contribution in [3.63, 3.8) is 0 Å². The summed E-state index contributed by atoms with van der Waals surface area (Å²) in [6.07, 6.45) is 7.94. The number of hydrogen-bond donors (Lipinski definition) is 0. The first kappa shape index (κ1) is 24.9. The molecule has 4 fully saturated rings. The first-order valence-corrected chi connectivity index (χ1v) is 14.8. The fraction of sp³-hybridized carbons (Fsp3) is 0.750. The van der Waals surface area contributed by atoms with Crippen molar-refractivity contribution in [1.29, 1.82) is 0 Å². The Labute approximate surface area is 200 Å². The zero-order valence-corrected chi connectivity index (χ0v) is 22.2. The van der Waals surface area contributed by atoms with Crippen LogP contribution in [0.1, 0.15) is 66.2 Å². The fourth-order valence-electron chi connectivity index (χ4n) is 6.82. The van der Waals surface area contributed by atoms with Gasteiger partial charge in [0.1, 0.15) is 0 Å². The maximum Gasteiger partial charge on any atom is 0.214 e. The molecule has 0 saturated heterocycles. The minimum absolute atomic E-state index is 0.133. The number of carbonyl (C=O) groups excluding carboxylic acids is 2. The second kappa shape index (κ2) is 9.23. The first-order chi connectivity index (χ1) is 13.9. The van der Waals surface area contributed by atoms with Gasteiger partial charge in [0.25, 0.3) is 0 Å². The second-order valence-corrected chi connectivity index (χ2v) is 15.8. The third-order valence-electron chi connectivity index (χ3n) is 6.64. The van der Waals surface area contributed by atoms with Gasteiger partial charge in [-0.3, -0.25) is 9.59 Å². The van der Waals surface area contributed by atoms with Crippen molar-refractivity contribution >= 4 is 57.3 Å². The maximum atomic E-state index is 11.9. The molecule has 0 aromatic heterocycles. The van der Waals surface area contributed by atoms with E-state index in [1.54, 1.807) is 13.8 Å². The minimum Gasteiger partial charge on any atom is -0.282 e. The van der Waals surface area contributed by atoms with Gasteiger partial charge in [-0.15, -0.1) is 0 Å². The monoisotopic (exact) mass is 484 g/mol. The molecule has 4 aliphatic carbocycles. The highest BCUT2D eigenvalue weighted by atomic mass is 32.2. The van der Waals surface area contributed by atoms with Crippen LogP contribution in [-0.4, -0.2) is 42.7 Å². The van der Waals surface area contributed by atoms with E-state index in [2.05, 4.69) is 50.5 Å². The Balaban J connectivity index is 1.62. The van der Waals surface area contributed by atoms with Crippen LogP contribution in [0.15, 0.2) is 24.3 Å². The van der Waals surface area contributed by atoms with Crippen LogP contribution >= 0.6 is 47.0 Å². The third-order valence-corrected chi connectivity index (χ3v) is 12.1. The normalized spacial score (nSPS) is 36.7. The molecule has 0 amide bonds. The largest absolute Gasteiger partial charge is 0.282 e. The van der Waals surface area contributed by atoms with E-state index in [1.165, 1.54) is 62.0 Å². The van der Waals surface area contributed by atoms with Gasteiger partial charge in [-0.1, -0.05) is 50.5 Å². The lowest BCUT2D eigenvalue weighted by molar-refractivity contribution is -0.108. The highest BCUT2D eigenvalue weighted by molar-refractivity contribution is 8.15. The summed E-state index contributed by atoms with van der Waals surface area (Å²) in [4.78, 5) is 23.7. The van der Waals surface area contributed by atoms with E-state index in [9.17, 15) is 9.59 Å². The van der Waals surface area contributed by atoms with E-state index in [1.807, 2.05) is 0 Å². The lowest BCUT2D eigenvalue weighted by atomic mass is 9.44.